The summed E-state index contributed by atoms with van der Waals surface area (Å²) < 4.78 is 14.8. The van der Waals surface area contributed by atoms with Crippen molar-refractivity contribution in [2.24, 2.45) is 7.05 Å². The van der Waals surface area contributed by atoms with Gasteiger partial charge < -0.3 is 29.9 Å². The summed E-state index contributed by atoms with van der Waals surface area (Å²) in [7, 11) is 1.57. The number of hydrogen-bond acceptors (Lipinski definition) is 6. The van der Waals surface area contributed by atoms with Gasteiger partial charge in [-0.25, -0.2) is 0 Å². The van der Waals surface area contributed by atoms with Crippen LogP contribution in [0.4, 0.5) is 0 Å². The lowest BCUT2D eigenvalue weighted by atomic mass is 9.70. The number of aryl methyl sites for hydroxylation is 1. The van der Waals surface area contributed by atoms with Crippen molar-refractivity contribution in [2.75, 3.05) is 0 Å². The maximum absolute atomic E-state index is 11.4. The van der Waals surface area contributed by atoms with Gasteiger partial charge in [-0.15, -0.1) is 0 Å². The molecule has 200 valence electrons. The van der Waals surface area contributed by atoms with Crippen LogP contribution in [-0.4, -0.2) is 29.6 Å². The Morgan fingerprint density at radius 2 is 1.02 bits per heavy atom. The Morgan fingerprint density at radius 1 is 0.575 bits per heavy atom. The second kappa shape index (κ2) is 8.64. The maximum Gasteiger partial charge on any atom is 0.203 e. The van der Waals surface area contributed by atoms with Gasteiger partial charge in [0.25, 0.3) is 0 Å². The van der Waals surface area contributed by atoms with Crippen molar-refractivity contribution in [3.63, 3.8) is 0 Å². The molecule has 0 saturated heterocycles. The van der Waals surface area contributed by atoms with Gasteiger partial charge in [-0.2, -0.15) is 0 Å². The van der Waals surface area contributed by atoms with Crippen LogP contribution < -0.4 is 9.47 Å². The first-order chi connectivity index (χ1) is 19.3. The van der Waals surface area contributed by atoms with Gasteiger partial charge in [0, 0.05) is 53.3 Å². The quantitative estimate of drug-likeness (QED) is 0.187. The highest BCUT2D eigenvalue weighted by atomic mass is 16.5. The fourth-order valence-electron chi connectivity index (χ4n) is 5.89. The van der Waals surface area contributed by atoms with Crippen LogP contribution in [0.25, 0.3) is 5.69 Å². The summed E-state index contributed by atoms with van der Waals surface area (Å²) in [6, 6.07) is 22.1. The molecule has 0 fully saturated rings. The molecule has 3 aliphatic carbocycles. The highest BCUT2D eigenvalue weighted by Gasteiger charge is 2.46. The third-order valence-electron chi connectivity index (χ3n) is 7.69. The predicted molar refractivity (Wildman–Crippen MR) is 148 cm³/mol. The van der Waals surface area contributed by atoms with Gasteiger partial charge in [0.2, 0.25) is 11.8 Å². The van der Waals surface area contributed by atoms with Crippen molar-refractivity contribution in [2.45, 2.75) is 18.8 Å². The van der Waals surface area contributed by atoms with E-state index in [-0.39, 0.29) is 23.5 Å². The van der Waals surface area contributed by atoms with Crippen LogP contribution in [0.3, 0.4) is 0 Å². The largest absolute Gasteiger partial charge is 0.494 e. The van der Waals surface area contributed by atoms with Crippen molar-refractivity contribution < 1.29 is 29.9 Å². The zero-order valence-electron chi connectivity index (χ0n) is 21.7. The normalized spacial score (nSPS) is 16.6. The Morgan fingerprint density at radius 3 is 1.57 bits per heavy atom. The number of allylic oxidation sites excluding steroid dienone is 2. The van der Waals surface area contributed by atoms with Gasteiger partial charge in [-0.05, 0) is 48.9 Å². The second-order valence-electron chi connectivity index (χ2n) is 10.2. The summed E-state index contributed by atoms with van der Waals surface area (Å²) in [6.07, 6.45) is 3.76. The van der Waals surface area contributed by atoms with Crippen molar-refractivity contribution >= 4 is 0 Å². The Balaban J connectivity index is 1.22. The summed E-state index contributed by atoms with van der Waals surface area (Å²) in [4.78, 5) is 0. The fourth-order valence-corrected chi connectivity index (χ4v) is 5.89. The summed E-state index contributed by atoms with van der Waals surface area (Å²) in [6.45, 7) is 2.00. The number of hydrogen-bond donors (Lipinski definition) is 4. The first-order valence-electron chi connectivity index (χ1n) is 12.9. The first kappa shape index (κ1) is 23.8. The average Bonchev–Trinajstić information content (AvgIpc) is 3.36. The van der Waals surface area contributed by atoms with E-state index >= 15 is 0 Å². The molecule has 8 rings (SSSR count). The molecule has 3 aromatic carbocycles. The third-order valence-corrected chi connectivity index (χ3v) is 7.69. The minimum Gasteiger partial charge on any atom is -0.494 e. The molecule has 0 spiro atoms. The van der Waals surface area contributed by atoms with Gasteiger partial charge in [-0.3, -0.25) is 9.13 Å². The molecule has 4 N–H and O–H groups in total. The molecule has 8 heteroatoms. The second-order valence-corrected chi connectivity index (χ2v) is 10.2. The molecule has 2 atom stereocenters. The van der Waals surface area contributed by atoms with Gasteiger partial charge >= 0.3 is 0 Å². The minimum absolute atomic E-state index is 0.0619. The molecule has 2 bridgehead atoms. The summed E-state index contributed by atoms with van der Waals surface area (Å²) >= 11 is 0. The van der Waals surface area contributed by atoms with Crippen molar-refractivity contribution in [1.82, 2.24) is 9.13 Å². The number of aromatic hydroxyl groups is 4. The molecule has 2 unspecified atom stereocenters. The SMILES string of the molecule is Cc1cccc(Oc2cccc(Oc3cccc(-n4c(O)c5c(c4O)C4C=CC5c5c4c(O)n(C)c5O)c3)c2)c1. The standard InChI is InChI=1S/C32H26N2O6/c1-17-6-3-8-19(14-17)39-21-10-5-11-22(16-21)40-20-9-4-7-18(15-20)34-31(37)27-23-12-13-24(28(27)32(34)38)26-25(23)29(35)33(2)30(26)36/h3-16,23-24,35-38H,1-2H3. The van der Waals surface area contributed by atoms with Gasteiger partial charge in [0.05, 0.1) is 5.69 Å². The van der Waals surface area contributed by atoms with E-state index < -0.39 is 11.8 Å². The molecule has 5 aromatic rings. The van der Waals surface area contributed by atoms with E-state index in [9.17, 15) is 20.4 Å². The van der Waals surface area contributed by atoms with Gasteiger partial charge in [0.15, 0.2) is 11.8 Å². The average molecular weight is 535 g/mol. The Bertz CT molecular complexity index is 1790. The third kappa shape index (κ3) is 3.46. The van der Waals surface area contributed by atoms with E-state index in [1.165, 1.54) is 9.13 Å². The lowest BCUT2D eigenvalue weighted by molar-refractivity contribution is 0.383. The predicted octanol–water partition coefficient (Wildman–Crippen LogP) is 6.68. The van der Waals surface area contributed by atoms with Crippen LogP contribution >= 0.6 is 0 Å². The lowest BCUT2D eigenvalue weighted by Gasteiger charge is -2.31. The molecular formula is C32H26N2O6. The topological polar surface area (TPSA) is 109 Å². The summed E-state index contributed by atoms with van der Waals surface area (Å²) in [5.74, 6) is 1.01. The smallest absolute Gasteiger partial charge is 0.203 e. The number of nitrogens with zero attached hydrogens (tertiary/aromatic N) is 2. The van der Waals surface area contributed by atoms with Crippen LogP contribution in [0.1, 0.15) is 39.7 Å². The van der Waals surface area contributed by atoms with E-state index in [1.54, 1.807) is 37.4 Å². The molecular weight excluding hydrogens is 508 g/mol. The molecule has 0 amide bonds. The van der Waals surface area contributed by atoms with E-state index in [4.69, 9.17) is 9.47 Å². The minimum atomic E-state index is -0.509. The van der Waals surface area contributed by atoms with E-state index in [0.29, 0.717) is 45.2 Å². The fraction of sp³-hybridized carbons (Fsp3) is 0.125. The molecule has 40 heavy (non-hydrogen) atoms. The number of rotatable bonds is 5. The van der Waals surface area contributed by atoms with Crippen LogP contribution in [0.5, 0.6) is 46.5 Å². The van der Waals surface area contributed by atoms with E-state index in [0.717, 1.165) is 11.3 Å². The monoisotopic (exact) mass is 534 g/mol. The van der Waals surface area contributed by atoms with E-state index in [2.05, 4.69) is 0 Å². The molecule has 0 saturated carbocycles. The lowest BCUT2D eigenvalue weighted by Crippen LogP contribution is -2.17. The highest BCUT2D eigenvalue weighted by molar-refractivity contribution is 5.72. The van der Waals surface area contributed by atoms with E-state index in [1.807, 2.05) is 61.5 Å². The van der Waals surface area contributed by atoms with Crippen LogP contribution in [0.2, 0.25) is 0 Å². The summed E-state index contributed by atoms with van der Waals surface area (Å²) in [5.41, 5.74) is 3.68. The van der Waals surface area contributed by atoms with Gasteiger partial charge in [0.1, 0.15) is 23.0 Å². The highest BCUT2D eigenvalue weighted by Crippen LogP contribution is 2.61. The number of ether oxygens (including phenoxy) is 2. The number of aromatic nitrogens is 2. The Hall–Kier alpha value is -5.24. The van der Waals surface area contributed by atoms with Gasteiger partial charge in [-0.1, -0.05) is 36.4 Å². The maximum atomic E-state index is 11.4. The van der Waals surface area contributed by atoms with Crippen LogP contribution in [0, 0.1) is 6.92 Å². The molecule has 8 nitrogen and oxygen atoms in total. The van der Waals surface area contributed by atoms with Crippen LogP contribution in [0.15, 0.2) is 84.9 Å². The molecule has 3 aliphatic rings. The first-order valence-corrected chi connectivity index (χ1v) is 12.9. The molecule has 2 aromatic heterocycles. The zero-order valence-corrected chi connectivity index (χ0v) is 21.7. The molecule has 0 aliphatic heterocycles. The van der Waals surface area contributed by atoms with Crippen molar-refractivity contribution in [3.8, 4) is 52.2 Å². The summed E-state index contributed by atoms with van der Waals surface area (Å²) in [5, 5.41) is 44.1. The van der Waals surface area contributed by atoms with Crippen molar-refractivity contribution in [3.05, 3.63) is 113 Å². The number of benzene rings is 3. The molecule has 2 heterocycles. The van der Waals surface area contributed by atoms with Crippen LogP contribution in [-0.2, 0) is 7.05 Å². The Kier molecular flexibility index (Phi) is 5.15. The van der Waals surface area contributed by atoms with Crippen molar-refractivity contribution in [1.29, 1.82) is 0 Å². The zero-order chi connectivity index (χ0) is 27.7. The molecule has 0 radical (unpaired) electrons. The Labute approximate surface area is 229 Å².